The van der Waals surface area contributed by atoms with Gasteiger partial charge in [0.2, 0.25) is 0 Å². The Kier molecular flexibility index (Phi) is 5.60. The SMILES string of the molecule is CC(NCC(O)COCc1ccco1)c1ccsc1. The molecule has 0 saturated carbocycles. The van der Waals surface area contributed by atoms with E-state index in [0.29, 0.717) is 19.8 Å². The highest BCUT2D eigenvalue weighted by molar-refractivity contribution is 7.07. The van der Waals surface area contributed by atoms with Crippen LogP contribution in [-0.2, 0) is 11.3 Å². The van der Waals surface area contributed by atoms with Crippen LogP contribution in [0.25, 0.3) is 0 Å². The molecular formula is C14H19NO3S. The maximum Gasteiger partial charge on any atom is 0.129 e. The number of furan rings is 1. The van der Waals surface area contributed by atoms with Crippen LogP contribution in [0.1, 0.15) is 24.3 Å². The lowest BCUT2D eigenvalue weighted by Crippen LogP contribution is -2.31. The van der Waals surface area contributed by atoms with Crippen LogP contribution < -0.4 is 5.32 Å². The molecular weight excluding hydrogens is 262 g/mol. The molecule has 2 atom stereocenters. The Balaban J connectivity index is 1.60. The minimum atomic E-state index is -0.518. The Labute approximate surface area is 117 Å². The van der Waals surface area contributed by atoms with Crippen molar-refractivity contribution in [2.75, 3.05) is 13.2 Å². The number of aliphatic hydroxyl groups is 1. The highest BCUT2D eigenvalue weighted by Gasteiger charge is 2.09. The average Bonchev–Trinajstić information content (AvgIpc) is 3.08. The van der Waals surface area contributed by atoms with Gasteiger partial charge < -0.3 is 19.6 Å². The quantitative estimate of drug-likeness (QED) is 0.781. The lowest BCUT2D eigenvalue weighted by atomic mass is 10.2. The molecule has 0 aromatic carbocycles. The van der Waals surface area contributed by atoms with E-state index in [0.717, 1.165) is 5.76 Å². The van der Waals surface area contributed by atoms with Crippen molar-refractivity contribution in [2.24, 2.45) is 0 Å². The normalized spacial score (nSPS) is 14.4. The molecule has 0 radical (unpaired) electrons. The van der Waals surface area contributed by atoms with Gasteiger partial charge >= 0.3 is 0 Å². The molecule has 0 amide bonds. The Hall–Kier alpha value is -1.14. The lowest BCUT2D eigenvalue weighted by molar-refractivity contribution is 0.0217. The van der Waals surface area contributed by atoms with Gasteiger partial charge in [0, 0.05) is 12.6 Å². The first-order chi connectivity index (χ1) is 9.25. The molecule has 0 fully saturated rings. The highest BCUT2D eigenvalue weighted by atomic mass is 32.1. The molecule has 19 heavy (non-hydrogen) atoms. The van der Waals surface area contributed by atoms with E-state index in [1.54, 1.807) is 17.6 Å². The standard InChI is InChI=1S/C14H19NO3S/c1-11(12-4-6-19-10-12)15-7-13(16)8-17-9-14-3-2-5-18-14/h2-6,10-11,13,15-16H,7-9H2,1H3. The van der Waals surface area contributed by atoms with Gasteiger partial charge in [0.15, 0.2) is 0 Å². The highest BCUT2D eigenvalue weighted by Crippen LogP contribution is 2.15. The van der Waals surface area contributed by atoms with Crippen molar-refractivity contribution in [3.63, 3.8) is 0 Å². The van der Waals surface area contributed by atoms with Crippen LogP contribution in [0.5, 0.6) is 0 Å². The van der Waals surface area contributed by atoms with Crippen molar-refractivity contribution in [1.82, 2.24) is 5.32 Å². The second-order valence-corrected chi connectivity index (χ2v) is 5.21. The largest absolute Gasteiger partial charge is 0.467 e. The number of nitrogens with one attached hydrogen (secondary N) is 1. The number of hydrogen-bond acceptors (Lipinski definition) is 5. The smallest absolute Gasteiger partial charge is 0.129 e. The fraction of sp³-hybridized carbons (Fsp3) is 0.429. The molecule has 2 aromatic heterocycles. The molecule has 0 aliphatic carbocycles. The van der Waals surface area contributed by atoms with E-state index in [1.165, 1.54) is 5.56 Å². The van der Waals surface area contributed by atoms with Crippen LogP contribution in [-0.4, -0.2) is 24.4 Å². The molecule has 2 N–H and O–H groups in total. The Morgan fingerprint density at radius 1 is 1.47 bits per heavy atom. The number of ether oxygens (including phenoxy) is 1. The number of rotatable bonds is 8. The van der Waals surface area contributed by atoms with Gasteiger partial charge in [-0.1, -0.05) is 0 Å². The molecule has 0 spiro atoms. The maximum atomic E-state index is 9.81. The maximum absolute atomic E-state index is 9.81. The van der Waals surface area contributed by atoms with Gasteiger partial charge in [0.25, 0.3) is 0 Å². The van der Waals surface area contributed by atoms with Gasteiger partial charge in [0.1, 0.15) is 12.4 Å². The van der Waals surface area contributed by atoms with Crippen LogP contribution in [0, 0.1) is 0 Å². The van der Waals surface area contributed by atoms with Gasteiger partial charge in [-0.3, -0.25) is 0 Å². The third kappa shape index (κ3) is 4.80. The minimum Gasteiger partial charge on any atom is -0.467 e. The molecule has 2 heterocycles. The van der Waals surface area contributed by atoms with Crippen molar-refractivity contribution in [2.45, 2.75) is 25.7 Å². The Bertz CT molecular complexity index is 441. The van der Waals surface area contributed by atoms with Crippen molar-refractivity contribution >= 4 is 11.3 Å². The van der Waals surface area contributed by atoms with Gasteiger partial charge in [-0.05, 0) is 41.4 Å². The van der Waals surface area contributed by atoms with Crippen LogP contribution in [0.15, 0.2) is 39.6 Å². The second kappa shape index (κ2) is 7.45. The summed E-state index contributed by atoms with van der Waals surface area (Å²) in [7, 11) is 0. The van der Waals surface area contributed by atoms with Crippen LogP contribution in [0.2, 0.25) is 0 Å². The Morgan fingerprint density at radius 3 is 3.05 bits per heavy atom. The molecule has 4 nitrogen and oxygen atoms in total. The van der Waals surface area contributed by atoms with E-state index in [9.17, 15) is 5.11 Å². The lowest BCUT2D eigenvalue weighted by Gasteiger charge is -2.16. The summed E-state index contributed by atoms with van der Waals surface area (Å²) in [6.07, 6.45) is 1.09. The van der Waals surface area contributed by atoms with E-state index in [2.05, 4.69) is 29.1 Å². The van der Waals surface area contributed by atoms with Crippen molar-refractivity contribution in [1.29, 1.82) is 0 Å². The van der Waals surface area contributed by atoms with Gasteiger partial charge in [-0.25, -0.2) is 0 Å². The van der Waals surface area contributed by atoms with Crippen LogP contribution >= 0.6 is 11.3 Å². The van der Waals surface area contributed by atoms with Crippen LogP contribution in [0.3, 0.4) is 0 Å². The fourth-order valence-electron chi connectivity index (χ4n) is 1.70. The monoisotopic (exact) mass is 281 g/mol. The molecule has 0 bridgehead atoms. The predicted octanol–water partition coefficient (Wildman–Crippen LogP) is 2.57. The molecule has 0 aliphatic rings. The van der Waals surface area contributed by atoms with Crippen molar-refractivity contribution in [3.05, 3.63) is 46.5 Å². The van der Waals surface area contributed by atoms with Gasteiger partial charge in [0.05, 0.1) is 19.0 Å². The van der Waals surface area contributed by atoms with Crippen molar-refractivity contribution < 1.29 is 14.3 Å². The molecule has 2 aromatic rings. The summed E-state index contributed by atoms with van der Waals surface area (Å²) in [4.78, 5) is 0. The summed E-state index contributed by atoms with van der Waals surface area (Å²) in [5.41, 5.74) is 1.24. The van der Waals surface area contributed by atoms with E-state index < -0.39 is 6.10 Å². The second-order valence-electron chi connectivity index (χ2n) is 4.43. The van der Waals surface area contributed by atoms with Gasteiger partial charge in [-0.15, -0.1) is 0 Å². The summed E-state index contributed by atoms with van der Waals surface area (Å²) in [6.45, 7) is 3.28. The van der Waals surface area contributed by atoms with Gasteiger partial charge in [-0.2, -0.15) is 11.3 Å². The number of hydrogen-bond donors (Lipinski definition) is 2. The average molecular weight is 281 g/mol. The zero-order chi connectivity index (χ0) is 13.5. The van der Waals surface area contributed by atoms with E-state index >= 15 is 0 Å². The molecule has 0 saturated heterocycles. The van der Waals surface area contributed by atoms with E-state index in [-0.39, 0.29) is 6.04 Å². The molecule has 5 heteroatoms. The van der Waals surface area contributed by atoms with Crippen molar-refractivity contribution in [3.8, 4) is 0 Å². The predicted molar refractivity (Wildman–Crippen MR) is 75.1 cm³/mol. The molecule has 104 valence electrons. The third-order valence-corrected chi connectivity index (χ3v) is 3.54. The zero-order valence-electron chi connectivity index (χ0n) is 10.9. The Morgan fingerprint density at radius 2 is 2.37 bits per heavy atom. The number of thiophene rings is 1. The topological polar surface area (TPSA) is 54.6 Å². The minimum absolute atomic E-state index is 0.242. The first kappa shape index (κ1) is 14.3. The molecule has 0 aliphatic heterocycles. The summed E-state index contributed by atoms with van der Waals surface area (Å²) in [5, 5.41) is 17.3. The zero-order valence-corrected chi connectivity index (χ0v) is 11.7. The summed E-state index contributed by atoms with van der Waals surface area (Å²) >= 11 is 1.68. The molecule has 2 unspecified atom stereocenters. The number of aliphatic hydroxyl groups excluding tert-OH is 1. The fourth-order valence-corrected chi connectivity index (χ4v) is 2.46. The summed E-state index contributed by atoms with van der Waals surface area (Å²) in [5.74, 6) is 0.770. The van der Waals surface area contributed by atoms with E-state index in [4.69, 9.17) is 9.15 Å². The van der Waals surface area contributed by atoms with E-state index in [1.807, 2.05) is 12.1 Å². The molecule has 2 rings (SSSR count). The first-order valence-electron chi connectivity index (χ1n) is 6.29. The third-order valence-electron chi connectivity index (χ3n) is 2.84. The first-order valence-corrected chi connectivity index (χ1v) is 7.23. The van der Waals surface area contributed by atoms with Crippen LogP contribution in [0.4, 0.5) is 0 Å². The summed E-state index contributed by atoms with van der Waals surface area (Å²) in [6, 6.07) is 6.00. The summed E-state index contributed by atoms with van der Waals surface area (Å²) < 4.78 is 10.5.